The molecule has 144 valence electrons. The topological polar surface area (TPSA) is 28.2 Å². The first kappa shape index (κ1) is 18.4. The third-order valence-electron chi connectivity index (χ3n) is 6.36. The normalized spacial score (nSPS) is 24.1. The molecule has 4 rings (SSSR count). The molecule has 0 unspecified atom stereocenters. The van der Waals surface area contributed by atoms with Gasteiger partial charge in [-0.25, -0.2) is 0 Å². The summed E-state index contributed by atoms with van der Waals surface area (Å²) >= 11 is 6.45. The van der Waals surface area contributed by atoms with Gasteiger partial charge >= 0.3 is 0 Å². The predicted octanol–water partition coefficient (Wildman–Crippen LogP) is 2.92. The predicted molar refractivity (Wildman–Crippen MR) is 104 cm³/mol. The fourth-order valence-electron chi connectivity index (χ4n) is 4.44. The second-order valence-electron chi connectivity index (χ2n) is 7.99. The zero-order chi connectivity index (χ0) is 18.1. The lowest BCUT2D eigenvalue weighted by Gasteiger charge is -2.42. The molecule has 0 amide bonds. The van der Waals surface area contributed by atoms with Crippen molar-refractivity contribution < 1.29 is 9.47 Å². The van der Waals surface area contributed by atoms with Crippen molar-refractivity contribution in [3.8, 4) is 11.5 Å². The standard InChI is InChI=1S/C20H30ClN3O2/c1-15(24-9-7-22(2)8-10-24)16-3-5-23(6-4-16)13-17-11-19-20(12-18(17)21)26-14-25-19/h11-12,15-16H,3-10,13-14H2,1-2H3/t15-/m1/s1. The Morgan fingerprint density at radius 2 is 1.69 bits per heavy atom. The Balaban J connectivity index is 1.30. The summed E-state index contributed by atoms with van der Waals surface area (Å²) in [5, 5.41) is 0.780. The van der Waals surface area contributed by atoms with Crippen molar-refractivity contribution >= 4 is 11.6 Å². The lowest BCUT2D eigenvalue weighted by Crippen LogP contribution is -2.51. The van der Waals surface area contributed by atoms with Crippen LogP contribution in [0, 0.1) is 5.92 Å². The number of likely N-dealkylation sites (N-methyl/N-ethyl adjacent to an activating group) is 1. The van der Waals surface area contributed by atoms with E-state index in [0.29, 0.717) is 12.8 Å². The van der Waals surface area contributed by atoms with Gasteiger partial charge in [-0.2, -0.15) is 0 Å². The number of ether oxygens (including phenoxy) is 2. The molecule has 26 heavy (non-hydrogen) atoms. The molecule has 0 spiro atoms. The molecular weight excluding hydrogens is 350 g/mol. The number of nitrogens with zero attached hydrogens (tertiary/aromatic N) is 3. The second kappa shape index (κ2) is 7.93. The fraction of sp³-hybridized carbons (Fsp3) is 0.700. The van der Waals surface area contributed by atoms with Gasteiger partial charge in [0.05, 0.1) is 0 Å². The Bertz CT molecular complexity index is 626. The van der Waals surface area contributed by atoms with E-state index in [1.165, 1.54) is 39.0 Å². The number of rotatable bonds is 4. The van der Waals surface area contributed by atoms with Crippen LogP contribution < -0.4 is 9.47 Å². The largest absolute Gasteiger partial charge is 0.454 e. The van der Waals surface area contributed by atoms with E-state index in [2.05, 4.69) is 28.7 Å². The quantitative estimate of drug-likeness (QED) is 0.802. The van der Waals surface area contributed by atoms with E-state index in [0.717, 1.165) is 47.6 Å². The molecule has 3 aliphatic rings. The minimum absolute atomic E-state index is 0.296. The SMILES string of the molecule is C[C@H](C1CCN(Cc2cc3c(cc2Cl)OCO3)CC1)N1CCN(C)CC1. The summed E-state index contributed by atoms with van der Waals surface area (Å²) in [4.78, 5) is 7.65. The van der Waals surface area contributed by atoms with E-state index in [1.807, 2.05) is 12.1 Å². The molecule has 1 atom stereocenters. The average molecular weight is 380 g/mol. The minimum Gasteiger partial charge on any atom is -0.454 e. The van der Waals surface area contributed by atoms with Crippen molar-refractivity contribution in [3.63, 3.8) is 0 Å². The zero-order valence-electron chi connectivity index (χ0n) is 15.9. The molecule has 6 heteroatoms. The molecule has 3 aliphatic heterocycles. The van der Waals surface area contributed by atoms with Gasteiger partial charge in [0, 0.05) is 49.9 Å². The van der Waals surface area contributed by atoms with Gasteiger partial charge in [0.25, 0.3) is 0 Å². The van der Waals surface area contributed by atoms with Crippen LogP contribution in [0.4, 0.5) is 0 Å². The lowest BCUT2D eigenvalue weighted by atomic mass is 9.89. The average Bonchev–Trinajstić information content (AvgIpc) is 3.10. The van der Waals surface area contributed by atoms with E-state index >= 15 is 0 Å². The van der Waals surface area contributed by atoms with Gasteiger partial charge in [-0.15, -0.1) is 0 Å². The van der Waals surface area contributed by atoms with Crippen LogP contribution in [0.5, 0.6) is 11.5 Å². The monoisotopic (exact) mass is 379 g/mol. The molecule has 0 bridgehead atoms. The van der Waals surface area contributed by atoms with Crippen LogP contribution in [0.15, 0.2) is 12.1 Å². The molecule has 5 nitrogen and oxygen atoms in total. The number of piperidine rings is 1. The van der Waals surface area contributed by atoms with Crippen LogP contribution in [0.25, 0.3) is 0 Å². The first-order chi connectivity index (χ1) is 12.6. The van der Waals surface area contributed by atoms with Gasteiger partial charge in [-0.1, -0.05) is 11.6 Å². The molecule has 3 heterocycles. The van der Waals surface area contributed by atoms with Gasteiger partial charge < -0.3 is 14.4 Å². The van der Waals surface area contributed by atoms with Crippen LogP contribution in [-0.2, 0) is 6.54 Å². The minimum atomic E-state index is 0.296. The summed E-state index contributed by atoms with van der Waals surface area (Å²) in [6.07, 6.45) is 2.55. The van der Waals surface area contributed by atoms with Crippen LogP contribution in [-0.4, -0.2) is 73.9 Å². The van der Waals surface area contributed by atoms with Crippen molar-refractivity contribution in [2.45, 2.75) is 32.4 Å². The van der Waals surface area contributed by atoms with E-state index in [9.17, 15) is 0 Å². The molecule has 1 aromatic carbocycles. The Labute approximate surface area is 161 Å². The number of benzene rings is 1. The van der Waals surface area contributed by atoms with E-state index in [-0.39, 0.29) is 0 Å². The summed E-state index contributed by atoms with van der Waals surface area (Å²) in [5.41, 5.74) is 1.14. The maximum Gasteiger partial charge on any atom is 0.231 e. The second-order valence-corrected chi connectivity index (χ2v) is 8.40. The highest BCUT2D eigenvalue weighted by atomic mass is 35.5. The van der Waals surface area contributed by atoms with Crippen molar-refractivity contribution in [1.82, 2.24) is 14.7 Å². The Morgan fingerprint density at radius 1 is 1.04 bits per heavy atom. The summed E-state index contributed by atoms with van der Waals surface area (Å²) < 4.78 is 10.9. The maximum absolute atomic E-state index is 6.45. The van der Waals surface area contributed by atoms with Crippen LogP contribution in [0.2, 0.25) is 5.02 Å². The van der Waals surface area contributed by atoms with Gasteiger partial charge in [0.1, 0.15) is 0 Å². The van der Waals surface area contributed by atoms with Crippen molar-refractivity contribution in [3.05, 3.63) is 22.7 Å². The molecule has 0 aliphatic carbocycles. The Hall–Kier alpha value is -1.01. The highest BCUT2D eigenvalue weighted by molar-refractivity contribution is 6.31. The van der Waals surface area contributed by atoms with Gasteiger partial charge in [-0.05, 0) is 57.5 Å². The number of hydrogen-bond donors (Lipinski definition) is 0. The smallest absolute Gasteiger partial charge is 0.231 e. The molecular formula is C20H30ClN3O2. The fourth-order valence-corrected chi connectivity index (χ4v) is 4.66. The van der Waals surface area contributed by atoms with E-state index < -0.39 is 0 Å². The summed E-state index contributed by atoms with van der Waals surface area (Å²) in [6, 6.07) is 4.63. The highest BCUT2D eigenvalue weighted by Crippen LogP contribution is 2.37. The number of likely N-dealkylation sites (tertiary alicyclic amines) is 1. The first-order valence-electron chi connectivity index (χ1n) is 9.83. The summed E-state index contributed by atoms with van der Waals surface area (Å²) in [5.74, 6) is 2.39. The molecule has 0 saturated carbocycles. The molecule has 2 fully saturated rings. The molecule has 2 saturated heterocycles. The molecule has 0 radical (unpaired) electrons. The summed E-state index contributed by atoms with van der Waals surface area (Å²) in [7, 11) is 2.22. The van der Waals surface area contributed by atoms with Crippen LogP contribution in [0.3, 0.4) is 0 Å². The Morgan fingerprint density at radius 3 is 2.38 bits per heavy atom. The molecule has 1 aromatic rings. The maximum atomic E-state index is 6.45. The van der Waals surface area contributed by atoms with Gasteiger partial charge in [0.2, 0.25) is 6.79 Å². The van der Waals surface area contributed by atoms with E-state index in [4.69, 9.17) is 21.1 Å². The third kappa shape index (κ3) is 3.96. The Kier molecular flexibility index (Phi) is 5.60. The zero-order valence-corrected chi connectivity index (χ0v) is 16.7. The number of hydrogen-bond acceptors (Lipinski definition) is 5. The highest BCUT2D eigenvalue weighted by Gasteiger charge is 2.29. The van der Waals surface area contributed by atoms with Gasteiger partial charge in [0.15, 0.2) is 11.5 Å². The third-order valence-corrected chi connectivity index (χ3v) is 6.72. The number of piperazine rings is 1. The molecule has 0 N–H and O–H groups in total. The first-order valence-corrected chi connectivity index (χ1v) is 10.2. The van der Waals surface area contributed by atoms with Crippen LogP contribution in [0.1, 0.15) is 25.3 Å². The summed E-state index contributed by atoms with van der Waals surface area (Å²) in [6.45, 7) is 10.7. The molecule has 0 aromatic heterocycles. The van der Waals surface area contributed by atoms with Crippen molar-refractivity contribution in [2.75, 3.05) is 53.1 Å². The number of fused-ring (bicyclic) bond motifs is 1. The van der Waals surface area contributed by atoms with Crippen molar-refractivity contribution in [1.29, 1.82) is 0 Å². The van der Waals surface area contributed by atoms with Crippen molar-refractivity contribution in [2.24, 2.45) is 5.92 Å². The van der Waals surface area contributed by atoms with Crippen LogP contribution >= 0.6 is 11.6 Å². The number of halogens is 1. The lowest BCUT2D eigenvalue weighted by molar-refractivity contribution is 0.0598. The van der Waals surface area contributed by atoms with Gasteiger partial charge in [-0.3, -0.25) is 9.80 Å². The van der Waals surface area contributed by atoms with E-state index in [1.54, 1.807) is 0 Å².